The number of imide groups is 1. The number of ether oxygens (including phenoxy) is 2. The minimum atomic E-state index is -0.758. The fourth-order valence-electron chi connectivity index (χ4n) is 1.48. The average molecular weight is 322 g/mol. The third-order valence-corrected chi connectivity index (χ3v) is 2.57. The van der Waals surface area contributed by atoms with Gasteiger partial charge in [0.1, 0.15) is 5.75 Å². The number of carbonyl (C=O) groups is 4. The molecule has 1 aromatic rings. The zero-order chi connectivity index (χ0) is 17.2. The summed E-state index contributed by atoms with van der Waals surface area (Å²) in [6.45, 7) is 2.54. The van der Waals surface area contributed by atoms with Crippen LogP contribution in [0.25, 0.3) is 0 Å². The third-order valence-electron chi connectivity index (χ3n) is 2.57. The van der Waals surface area contributed by atoms with Crippen LogP contribution in [0, 0.1) is 0 Å². The highest BCUT2D eigenvalue weighted by atomic mass is 16.6. The molecule has 0 fully saturated rings. The molecule has 1 aromatic carbocycles. The number of carbonyl (C=O) groups excluding carboxylic acids is 4. The molecule has 8 heteroatoms. The van der Waals surface area contributed by atoms with Crippen LogP contribution in [0.5, 0.6) is 5.75 Å². The number of ketones is 1. The van der Waals surface area contributed by atoms with Gasteiger partial charge < -0.3 is 14.8 Å². The Morgan fingerprint density at radius 3 is 2.26 bits per heavy atom. The maximum atomic E-state index is 11.4. The first-order valence-corrected chi connectivity index (χ1v) is 6.89. The van der Waals surface area contributed by atoms with Gasteiger partial charge in [-0.25, -0.2) is 9.59 Å². The van der Waals surface area contributed by atoms with Gasteiger partial charge >= 0.3 is 12.0 Å². The van der Waals surface area contributed by atoms with E-state index in [2.05, 4.69) is 10.1 Å². The topological polar surface area (TPSA) is 111 Å². The summed E-state index contributed by atoms with van der Waals surface area (Å²) in [7, 11) is 0. The van der Waals surface area contributed by atoms with Crippen molar-refractivity contribution >= 4 is 23.7 Å². The number of esters is 1. The molecule has 0 spiro atoms. The second-order valence-electron chi connectivity index (χ2n) is 4.44. The summed E-state index contributed by atoms with van der Waals surface area (Å²) in [6, 6.07) is 5.58. The number of benzene rings is 1. The predicted octanol–water partition coefficient (Wildman–Crippen LogP) is 0.657. The molecule has 0 aliphatic heterocycles. The maximum Gasteiger partial charge on any atom is 0.344 e. The molecule has 23 heavy (non-hydrogen) atoms. The standard InChI is InChI=1S/C15H18N2O6/c1-3-16-15(21)17-13(19)8-23-14(20)9-22-12-6-4-11(5-7-12)10(2)18/h4-7H,3,8-9H2,1-2H3,(H2,16,17,19,21). The van der Waals surface area contributed by atoms with Crippen LogP contribution in [0.2, 0.25) is 0 Å². The molecule has 0 saturated heterocycles. The number of nitrogens with one attached hydrogen (secondary N) is 2. The van der Waals surface area contributed by atoms with E-state index in [9.17, 15) is 19.2 Å². The predicted molar refractivity (Wildman–Crippen MR) is 80.1 cm³/mol. The Kier molecular flexibility index (Phi) is 7.25. The molecule has 0 heterocycles. The second kappa shape index (κ2) is 9.19. The van der Waals surface area contributed by atoms with Crippen LogP contribution in [0.1, 0.15) is 24.2 Å². The van der Waals surface area contributed by atoms with Gasteiger partial charge in [-0.2, -0.15) is 0 Å². The van der Waals surface area contributed by atoms with Crippen LogP contribution in [-0.2, 0) is 14.3 Å². The minimum Gasteiger partial charge on any atom is -0.482 e. The van der Waals surface area contributed by atoms with Gasteiger partial charge in [-0.3, -0.25) is 14.9 Å². The van der Waals surface area contributed by atoms with E-state index in [-0.39, 0.29) is 5.78 Å². The molecule has 3 amide bonds. The highest BCUT2D eigenvalue weighted by Crippen LogP contribution is 2.12. The number of urea groups is 1. The van der Waals surface area contributed by atoms with Crippen LogP contribution < -0.4 is 15.4 Å². The largest absolute Gasteiger partial charge is 0.482 e. The fourth-order valence-corrected chi connectivity index (χ4v) is 1.48. The second-order valence-corrected chi connectivity index (χ2v) is 4.44. The summed E-state index contributed by atoms with van der Waals surface area (Å²) in [6.07, 6.45) is 0. The molecule has 0 atom stereocenters. The summed E-state index contributed by atoms with van der Waals surface area (Å²) < 4.78 is 9.81. The SMILES string of the molecule is CCNC(=O)NC(=O)COC(=O)COc1ccc(C(C)=O)cc1. The number of amides is 3. The molecule has 0 unspecified atom stereocenters. The summed E-state index contributed by atoms with van der Waals surface area (Å²) in [5.74, 6) is -1.19. The first-order chi connectivity index (χ1) is 10.9. The lowest BCUT2D eigenvalue weighted by molar-refractivity contribution is -0.150. The van der Waals surface area contributed by atoms with E-state index < -0.39 is 31.1 Å². The van der Waals surface area contributed by atoms with Crippen molar-refractivity contribution in [1.29, 1.82) is 0 Å². The molecule has 0 radical (unpaired) electrons. The quantitative estimate of drug-likeness (QED) is 0.563. The Bertz CT molecular complexity index is 582. The van der Waals surface area contributed by atoms with E-state index >= 15 is 0 Å². The van der Waals surface area contributed by atoms with Gasteiger partial charge in [-0.05, 0) is 38.1 Å². The van der Waals surface area contributed by atoms with Crippen molar-refractivity contribution in [3.05, 3.63) is 29.8 Å². The van der Waals surface area contributed by atoms with Gasteiger partial charge in [0.15, 0.2) is 19.0 Å². The van der Waals surface area contributed by atoms with Crippen LogP contribution >= 0.6 is 0 Å². The average Bonchev–Trinajstić information content (AvgIpc) is 2.51. The van der Waals surface area contributed by atoms with E-state index in [0.29, 0.717) is 17.9 Å². The van der Waals surface area contributed by atoms with Crippen molar-refractivity contribution in [3.63, 3.8) is 0 Å². The summed E-state index contributed by atoms with van der Waals surface area (Å²) in [4.78, 5) is 44.9. The molecular weight excluding hydrogens is 304 g/mol. The molecule has 0 aliphatic carbocycles. The van der Waals surface area contributed by atoms with E-state index in [0.717, 1.165) is 0 Å². The monoisotopic (exact) mass is 322 g/mol. The molecule has 0 aromatic heterocycles. The molecule has 0 saturated carbocycles. The van der Waals surface area contributed by atoms with Crippen molar-refractivity contribution in [2.24, 2.45) is 0 Å². The molecule has 124 valence electrons. The Balaban J connectivity index is 2.30. The molecule has 0 bridgehead atoms. The third kappa shape index (κ3) is 7.07. The normalized spacial score (nSPS) is 9.65. The molecule has 0 aliphatic rings. The zero-order valence-corrected chi connectivity index (χ0v) is 12.9. The minimum absolute atomic E-state index is 0.0749. The first-order valence-electron chi connectivity index (χ1n) is 6.89. The van der Waals surface area contributed by atoms with Gasteiger partial charge in [0.2, 0.25) is 0 Å². The Morgan fingerprint density at radius 2 is 1.70 bits per heavy atom. The number of rotatable bonds is 7. The van der Waals surface area contributed by atoms with E-state index in [4.69, 9.17) is 4.74 Å². The summed E-state index contributed by atoms with van der Waals surface area (Å²) >= 11 is 0. The summed E-state index contributed by atoms with van der Waals surface area (Å²) in [5.41, 5.74) is 0.530. The number of hydrogen-bond acceptors (Lipinski definition) is 6. The molecular formula is C15H18N2O6. The lowest BCUT2D eigenvalue weighted by atomic mass is 10.1. The first kappa shape index (κ1) is 18.1. The van der Waals surface area contributed by atoms with Gasteiger partial charge in [0.25, 0.3) is 5.91 Å². The van der Waals surface area contributed by atoms with Gasteiger partial charge in [-0.1, -0.05) is 0 Å². The van der Waals surface area contributed by atoms with E-state index in [1.165, 1.54) is 6.92 Å². The van der Waals surface area contributed by atoms with Gasteiger partial charge in [0.05, 0.1) is 0 Å². The highest BCUT2D eigenvalue weighted by Gasteiger charge is 2.11. The zero-order valence-electron chi connectivity index (χ0n) is 12.9. The highest BCUT2D eigenvalue weighted by molar-refractivity contribution is 5.95. The molecule has 2 N–H and O–H groups in total. The van der Waals surface area contributed by atoms with E-state index in [1.807, 2.05) is 5.32 Å². The van der Waals surface area contributed by atoms with Crippen LogP contribution in [0.3, 0.4) is 0 Å². The fraction of sp³-hybridized carbons (Fsp3) is 0.333. The van der Waals surface area contributed by atoms with Crippen LogP contribution in [0.15, 0.2) is 24.3 Å². The Labute approximate surface area is 133 Å². The van der Waals surface area contributed by atoms with Crippen molar-refractivity contribution in [2.75, 3.05) is 19.8 Å². The number of hydrogen-bond donors (Lipinski definition) is 2. The smallest absolute Gasteiger partial charge is 0.344 e. The summed E-state index contributed by atoms with van der Waals surface area (Å²) in [5, 5.41) is 4.35. The lowest BCUT2D eigenvalue weighted by Gasteiger charge is -2.08. The maximum absolute atomic E-state index is 11.4. The van der Waals surface area contributed by atoms with Gasteiger partial charge in [-0.15, -0.1) is 0 Å². The lowest BCUT2D eigenvalue weighted by Crippen LogP contribution is -2.41. The van der Waals surface area contributed by atoms with Crippen LogP contribution in [0.4, 0.5) is 4.79 Å². The Hall–Kier alpha value is -2.90. The van der Waals surface area contributed by atoms with Crippen molar-refractivity contribution in [3.8, 4) is 5.75 Å². The molecule has 1 rings (SSSR count). The Morgan fingerprint density at radius 1 is 1.04 bits per heavy atom. The molecule has 8 nitrogen and oxygen atoms in total. The van der Waals surface area contributed by atoms with Crippen molar-refractivity contribution in [2.45, 2.75) is 13.8 Å². The van der Waals surface area contributed by atoms with Crippen molar-refractivity contribution < 1.29 is 28.7 Å². The van der Waals surface area contributed by atoms with E-state index in [1.54, 1.807) is 31.2 Å². The van der Waals surface area contributed by atoms with Crippen LogP contribution in [-0.4, -0.2) is 43.4 Å². The number of Topliss-reactive ketones (excluding diaryl/α,β-unsaturated/α-hetero) is 1. The van der Waals surface area contributed by atoms with Crippen molar-refractivity contribution in [1.82, 2.24) is 10.6 Å². The van der Waals surface area contributed by atoms with Gasteiger partial charge in [0, 0.05) is 12.1 Å².